The van der Waals surface area contributed by atoms with Gasteiger partial charge in [-0.1, -0.05) is 92.4 Å². The minimum absolute atomic E-state index is 0.346. The van der Waals surface area contributed by atoms with Gasteiger partial charge in [-0.2, -0.15) is 0 Å². The van der Waals surface area contributed by atoms with Crippen LogP contribution in [0, 0.1) is 27.7 Å². The van der Waals surface area contributed by atoms with Crippen molar-refractivity contribution in [3.8, 4) is 0 Å². The van der Waals surface area contributed by atoms with Crippen LogP contribution in [0.3, 0.4) is 0 Å². The molecule has 4 aromatic carbocycles. The topological polar surface area (TPSA) is 24.1 Å². The molecule has 0 aliphatic heterocycles. The molecule has 0 saturated carbocycles. The van der Waals surface area contributed by atoms with Crippen LogP contribution in [0.25, 0.3) is 0 Å². The molecule has 0 heterocycles. The van der Waals surface area contributed by atoms with Crippen molar-refractivity contribution < 1.29 is 15.1 Å². The van der Waals surface area contributed by atoms with Crippen LogP contribution in [-0.4, -0.2) is 11.3 Å². The third-order valence-electron chi connectivity index (χ3n) is 6.04. The first kappa shape index (κ1) is 35.7. The van der Waals surface area contributed by atoms with Gasteiger partial charge in [0.2, 0.25) is 0 Å². The van der Waals surface area contributed by atoms with E-state index in [0.29, 0.717) is 11.3 Å². The third kappa shape index (κ3) is 14.0. The van der Waals surface area contributed by atoms with Gasteiger partial charge in [0.15, 0.2) is 0 Å². The van der Waals surface area contributed by atoms with Gasteiger partial charge in [0.1, 0.15) is 0 Å². The number of anilines is 4. The van der Waals surface area contributed by atoms with Gasteiger partial charge >= 0.3 is 34.5 Å². The van der Waals surface area contributed by atoms with Crippen molar-refractivity contribution in [3.05, 3.63) is 107 Å². The second kappa shape index (κ2) is 18.9. The molecule has 0 fully saturated rings. The molecule has 0 aliphatic carbocycles. The summed E-state index contributed by atoms with van der Waals surface area (Å²) in [5, 5.41) is 9.88. The number of halogens is 2. The number of rotatable bonds is 8. The Hall–Kier alpha value is -1.46. The maximum atomic E-state index is 4.85. The first-order valence-electron chi connectivity index (χ1n) is 13.8. The van der Waals surface area contributed by atoms with Gasteiger partial charge in [-0.3, -0.25) is 0 Å². The number of hydrogen-bond donors (Lipinski definition) is 2. The van der Waals surface area contributed by atoms with E-state index in [1.165, 1.54) is 44.2 Å². The van der Waals surface area contributed by atoms with Crippen LogP contribution in [0.4, 0.5) is 22.7 Å². The Morgan fingerprint density at radius 2 is 0.805 bits per heavy atom. The molecule has 2 atom stereocenters. The molecule has 2 N–H and O–H groups in total. The van der Waals surface area contributed by atoms with E-state index in [2.05, 4.69) is 151 Å². The van der Waals surface area contributed by atoms with E-state index in [0.717, 1.165) is 28.5 Å². The Morgan fingerprint density at radius 3 is 1.10 bits per heavy atom. The van der Waals surface area contributed by atoms with E-state index in [1.54, 1.807) is 0 Å². The second-order valence-electron chi connectivity index (χ2n) is 10.7. The first-order valence-corrected chi connectivity index (χ1v) is 20.4. The van der Waals surface area contributed by atoms with Crippen LogP contribution in [0.2, 0.25) is 0 Å². The number of aryl methyl sites for hydroxylation is 4. The average molecular weight is 715 g/mol. The van der Waals surface area contributed by atoms with E-state index < -0.39 is 0 Å². The van der Waals surface area contributed by atoms with Crippen LogP contribution >= 0.6 is 36.5 Å². The molecular weight excluding hydrogens is 670 g/mol. The normalized spacial score (nSPS) is 11.1. The summed E-state index contributed by atoms with van der Waals surface area (Å²) in [6.07, 6.45) is 0. The number of benzene rings is 4. The molecule has 4 rings (SSSR count). The van der Waals surface area contributed by atoms with Gasteiger partial charge in [-0.25, -0.2) is 0 Å². The Labute approximate surface area is 268 Å². The molecule has 0 aromatic heterocycles. The molecule has 4 aromatic rings. The second-order valence-corrected chi connectivity index (χ2v) is 17.3. The Kier molecular flexibility index (Phi) is 16.5. The van der Waals surface area contributed by atoms with Gasteiger partial charge in [-0.05, 0) is 109 Å². The molecule has 7 heteroatoms. The fraction of sp³-hybridized carbons (Fsp3) is 0.294. The molecule has 222 valence electrons. The molecule has 0 spiro atoms. The molecule has 0 radical (unpaired) electrons. The number of nitrogens with one attached hydrogen (secondary N) is 2. The molecule has 41 heavy (non-hydrogen) atoms. The number of hydrogen-bond acceptors (Lipinski definition) is 2. The first-order chi connectivity index (χ1) is 19.5. The fourth-order valence-electron chi connectivity index (χ4n) is 3.94. The van der Waals surface area contributed by atoms with E-state index in [-0.39, 0.29) is 15.1 Å². The summed E-state index contributed by atoms with van der Waals surface area (Å²) in [5.41, 5.74) is 11.4. The predicted octanol–water partition coefficient (Wildman–Crippen LogP) is 10.9. The van der Waals surface area contributed by atoms with E-state index in [4.69, 9.17) is 19.4 Å². The molecule has 2 unspecified atom stereocenters. The van der Waals surface area contributed by atoms with Gasteiger partial charge in [0.25, 0.3) is 0 Å². The van der Waals surface area contributed by atoms with Crippen molar-refractivity contribution in [2.75, 3.05) is 10.6 Å². The molecule has 2 nitrogen and oxygen atoms in total. The van der Waals surface area contributed by atoms with Gasteiger partial charge < -0.3 is 10.6 Å². The Morgan fingerprint density at radius 1 is 0.512 bits per heavy atom. The average Bonchev–Trinajstić information content (AvgIpc) is 2.91. The summed E-state index contributed by atoms with van der Waals surface area (Å²) in [4.78, 5) is 0. The monoisotopic (exact) mass is 714 g/mol. The zero-order valence-corrected chi connectivity index (χ0v) is 30.6. The zero-order chi connectivity index (χ0) is 30.4. The summed E-state index contributed by atoms with van der Waals surface area (Å²) >= 11 is -0.346. The summed E-state index contributed by atoms with van der Waals surface area (Å²) < 4.78 is 0. The van der Waals surface area contributed by atoms with Crippen molar-refractivity contribution in [3.63, 3.8) is 0 Å². The SMILES string of the molecule is Cc1ccc(Nc2ccc(C)c(PC(C)C)c2)cc1.Cc1ccc(Nc2ccc(C)c(PC(C)C)c2)cc1.[Cl][Ru][Cl]. The van der Waals surface area contributed by atoms with Crippen molar-refractivity contribution in [1.29, 1.82) is 0 Å². The molecule has 0 aliphatic rings. The van der Waals surface area contributed by atoms with Crippen LogP contribution in [0.1, 0.15) is 49.9 Å². The molecular formula is C34H44Cl2N2P2Ru. The van der Waals surface area contributed by atoms with Crippen LogP contribution in [0.5, 0.6) is 0 Å². The fourth-order valence-corrected chi connectivity index (χ4v) is 6.28. The van der Waals surface area contributed by atoms with Crippen LogP contribution in [-0.2, 0) is 15.1 Å². The van der Waals surface area contributed by atoms with Crippen molar-refractivity contribution >= 4 is 69.9 Å². The van der Waals surface area contributed by atoms with Crippen molar-refractivity contribution in [2.24, 2.45) is 0 Å². The van der Waals surface area contributed by atoms with Crippen LogP contribution < -0.4 is 21.2 Å². The third-order valence-corrected chi connectivity index (χ3v) is 8.90. The van der Waals surface area contributed by atoms with Gasteiger partial charge in [0, 0.05) is 22.7 Å². The van der Waals surface area contributed by atoms with E-state index in [9.17, 15) is 0 Å². The van der Waals surface area contributed by atoms with Gasteiger partial charge in [-0.15, -0.1) is 0 Å². The maximum absolute atomic E-state index is 4.85. The minimum atomic E-state index is -0.346. The van der Waals surface area contributed by atoms with Crippen molar-refractivity contribution in [1.82, 2.24) is 0 Å². The Balaban J connectivity index is 0.000000262. The summed E-state index contributed by atoms with van der Waals surface area (Å²) in [6, 6.07) is 30.3. The van der Waals surface area contributed by atoms with Crippen molar-refractivity contribution in [2.45, 2.75) is 66.7 Å². The standard InChI is InChI=1S/2C17H22NP.2ClH.Ru/c2*1-12(2)19-17-11-16(10-7-14(17)4)18-15-8-5-13(3)6-9-15;;;/h2*5-12,18-19H,1-4H3;2*1H;/q;;;;+2/p-2. The summed E-state index contributed by atoms with van der Waals surface area (Å²) in [5.74, 6) is 0. The Bertz CT molecular complexity index is 1220. The molecule has 0 saturated heterocycles. The summed E-state index contributed by atoms with van der Waals surface area (Å²) in [6.45, 7) is 17.7. The molecule has 0 amide bonds. The van der Waals surface area contributed by atoms with E-state index in [1.807, 2.05) is 0 Å². The predicted molar refractivity (Wildman–Crippen MR) is 189 cm³/mol. The van der Waals surface area contributed by atoms with E-state index >= 15 is 0 Å². The van der Waals surface area contributed by atoms with Crippen LogP contribution in [0.15, 0.2) is 84.9 Å². The quantitative estimate of drug-likeness (QED) is 0.140. The van der Waals surface area contributed by atoms with Gasteiger partial charge in [0.05, 0.1) is 0 Å². The zero-order valence-electron chi connectivity index (χ0n) is 25.3. The summed E-state index contributed by atoms with van der Waals surface area (Å²) in [7, 11) is 11.5. The molecule has 0 bridgehead atoms.